The second kappa shape index (κ2) is 13.8. The summed E-state index contributed by atoms with van der Waals surface area (Å²) in [6.45, 7) is 14.2. The number of piperidine rings is 1. The minimum Gasteiger partial charge on any atom is -0.444 e. The lowest BCUT2D eigenvalue weighted by Gasteiger charge is -2.45. The number of amides is 3. The van der Waals surface area contributed by atoms with Crippen molar-refractivity contribution in [3.05, 3.63) is 23.5 Å². The summed E-state index contributed by atoms with van der Waals surface area (Å²) in [6, 6.07) is 1.88. The number of rotatable bonds is 9. The number of hydrogen-bond acceptors (Lipinski definition) is 8. The number of ether oxygens (including phenoxy) is 3. The number of nitrogens with one attached hydrogen (secondary N) is 1. The van der Waals surface area contributed by atoms with E-state index in [4.69, 9.17) is 19.2 Å². The molecule has 11 heteroatoms. The normalized spacial score (nSPS) is 27.2. The van der Waals surface area contributed by atoms with Gasteiger partial charge in [0.2, 0.25) is 5.91 Å². The molecule has 4 fully saturated rings. The van der Waals surface area contributed by atoms with Crippen LogP contribution in [-0.2, 0) is 19.0 Å². The molecule has 250 valence electrons. The van der Waals surface area contributed by atoms with Gasteiger partial charge in [0.15, 0.2) is 5.69 Å². The van der Waals surface area contributed by atoms with Gasteiger partial charge < -0.3 is 34.2 Å². The predicted molar refractivity (Wildman–Crippen MR) is 171 cm³/mol. The number of anilines is 1. The summed E-state index contributed by atoms with van der Waals surface area (Å²) in [4.78, 5) is 52.1. The lowest BCUT2D eigenvalue weighted by molar-refractivity contribution is -0.146. The van der Waals surface area contributed by atoms with Crippen molar-refractivity contribution < 1.29 is 28.6 Å². The van der Waals surface area contributed by atoms with Crippen LogP contribution in [-0.4, -0.2) is 114 Å². The minimum absolute atomic E-state index is 0.00653. The predicted octanol–water partition coefficient (Wildman–Crippen LogP) is 4.52. The lowest BCUT2D eigenvalue weighted by Crippen LogP contribution is -2.59. The Morgan fingerprint density at radius 3 is 2.51 bits per heavy atom. The van der Waals surface area contributed by atoms with Crippen LogP contribution >= 0.6 is 0 Å². The molecule has 0 spiro atoms. The van der Waals surface area contributed by atoms with Crippen LogP contribution < -0.4 is 5.32 Å². The van der Waals surface area contributed by atoms with Crippen LogP contribution in [0.1, 0.15) is 95.6 Å². The van der Waals surface area contributed by atoms with E-state index >= 15 is 0 Å². The molecule has 2 unspecified atom stereocenters. The molecule has 0 aromatic carbocycles. The molecule has 2 aliphatic carbocycles. The van der Waals surface area contributed by atoms with E-state index in [0.29, 0.717) is 44.3 Å². The van der Waals surface area contributed by atoms with Gasteiger partial charge in [0, 0.05) is 45.5 Å². The average Bonchev–Trinajstić information content (AvgIpc) is 3.81. The highest BCUT2D eigenvalue weighted by Crippen LogP contribution is 2.41. The number of nitrogens with zero attached hydrogens (tertiary/aromatic N) is 4. The van der Waals surface area contributed by atoms with E-state index in [0.717, 1.165) is 36.9 Å². The van der Waals surface area contributed by atoms with Gasteiger partial charge in [0.05, 0.1) is 43.0 Å². The quantitative estimate of drug-likeness (QED) is 0.425. The van der Waals surface area contributed by atoms with Crippen LogP contribution in [0.3, 0.4) is 0 Å². The molecule has 1 aromatic heterocycles. The molecule has 0 radical (unpaired) electrons. The van der Waals surface area contributed by atoms with E-state index in [9.17, 15) is 14.4 Å². The Hall–Kier alpha value is -2.92. The SMILES string of the molecule is COC1CC(Nc2cc(C3CC3)cnc2C(=O)N(CC(C)C)C2CC(C(=O)N3CCOC[C@H]3C)CN(C(=O)OC(C)(C)C)C2)C1. The molecule has 2 aliphatic heterocycles. The molecule has 0 bridgehead atoms. The van der Waals surface area contributed by atoms with Gasteiger partial charge in [0.1, 0.15) is 5.60 Å². The number of pyridine rings is 1. The van der Waals surface area contributed by atoms with Gasteiger partial charge in [-0.2, -0.15) is 0 Å². The van der Waals surface area contributed by atoms with Crippen LogP contribution in [0.5, 0.6) is 0 Å². The van der Waals surface area contributed by atoms with Crippen LogP contribution in [0.25, 0.3) is 0 Å². The van der Waals surface area contributed by atoms with E-state index < -0.39 is 17.6 Å². The molecule has 5 rings (SSSR count). The standard InChI is InChI=1S/C34H53N5O6/c1-21(2)17-39(32(41)30-29(36-26-14-28(15-26)43-7)13-24(16-35-30)23-8-9-23)27-12-25(31(40)38-10-11-44-20-22(38)3)18-37(19-27)33(42)45-34(4,5)6/h13,16,21-23,25-28,36H,8-12,14-15,17-20H2,1-7H3/t22-,25?,26?,27?,28?/m1/s1. The number of morpholine rings is 1. The molecule has 4 aliphatic rings. The van der Waals surface area contributed by atoms with E-state index in [2.05, 4.69) is 25.2 Å². The summed E-state index contributed by atoms with van der Waals surface area (Å²) in [7, 11) is 1.73. The van der Waals surface area contributed by atoms with Gasteiger partial charge in [-0.15, -0.1) is 0 Å². The summed E-state index contributed by atoms with van der Waals surface area (Å²) in [6.07, 6.45) is 6.11. The van der Waals surface area contributed by atoms with Crippen molar-refractivity contribution in [3.63, 3.8) is 0 Å². The first-order valence-electron chi connectivity index (χ1n) is 16.8. The number of hydrogen-bond donors (Lipinski definition) is 1. The van der Waals surface area contributed by atoms with Gasteiger partial charge in [-0.3, -0.25) is 9.59 Å². The van der Waals surface area contributed by atoms with Gasteiger partial charge in [-0.05, 0) is 83.3 Å². The molecule has 3 heterocycles. The third-order valence-electron chi connectivity index (χ3n) is 9.29. The molecular formula is C34H53N5O6. The molecule has 45 heavy (non-hydrogen) atoms. The van der Waals surface area contributed by atoms with E-state index in [-0.39, 0.29) is 55.1 Å². The lowest BCUT2D eigenvalue weighted by atomic mass is 9.88. The first kappa shape index (κ1) is 33.4. The van der Waals surface area contributed by atoms with Crippen molar-refractivity contribution in [2.75, 3.05) is 51.8 Å². The topological polar surface area (TPSA) is 114 Å². The van der Waals surface area contributed by atoms with Crippen LogP contribution in [0.4, 0.5) is 10.5 Å². The summed E-state index contributed by atoms with van der Waals surface area (Å²) >= 11 is 0. The van der Waals surface area contributed by atoms with Gasteiger partial charge in [-0.25, -0.2) is 9.78 Å². The summed E-state index contributed by atoms with van der Waals surface area (Å²) < 4.78 is 16.9. The zero-order valence-electron chi connectivity index (χ0n) is 28.2. The number of carbonyl (C=O) groups excluding carboxylic acids is 3. The summed E-state index contributed by atoms with van der Waals surface area (Å²) in [5.41, 5.74) is 1.62. The second-order valence-corrected chi connectivity index (χ2v) is 14.9. The maximum absolute atomic E-state index is 14.6. The Morgan fingerprint density at radius 2 is 1.89 bits per heavy atom. The van der Waals surface area contributed by atoms with E-state index in [1.54, 1.807) is 12.0 Å². The summed E-state index contributed by atoms with van der Waals surface area (Å²) in [5.74, 6) is 0.00166. The van der Waals surface area contributed by atoms with Crippen molar-refractivity contribution in [2.45, 2.75) is 109 Å². The molecule has 2 saturated heterocycles. The molecule has 11 nitrogen and oxygen atoms in total. The number of aromatic nitrogens is 1. The van der Waals surface area contributed by atoms with Gasteiger partial charge in [-0.1, -0.05) is 13.8 Å². The minimum atomic E-state index is -0.688. The first-order chi connectivity index (χ1) is 21.3. The highest BCUT2D eigenvalue weighted by atomic mass is 16.6. The third kappa shape index (κ3) is 8.27. The van der Waals surface area contributed by atoms with Crippen LogP contribution in [0, 0.1) is 11.8 Å². The second-order valence-electron chi connectivity index (χ2n) is 14.9. The van der Waals surface area contributed by atoms with Crippen molar-refractivity contribution in [1.82, 2.24) is 19.7 Å². The molecule has 3 atom stereocenters. The smallest absolute Gasteiger partial charge is 0.410 e. The van der Waals surface area contributed by atoms with Crippen LogP contribution in [0.15, 0.2) is 12.3 Å². The van der Waals surface area contributed by atoms with E-state index in [1.165, 1.54) is 0 Å². The Balaban J connectivity index is 1.44. The highest BCUT2D eigenvalue weighted by molar-refractivity contribution is 5.98. The number of methoxy groups -OCH3 is 1. The van der Waals surface area contributed by atoms with Crippen molar-refractivity contribution in [3.8, 4) is 0 Å². The largest absolute Gasteiger partial charge is 0.444 e. The Kier molecular flexibility index (Phi) is 10.3. The molecule has 2 saturated carbocycles. The Labute approximate surface area is 268 Å². The van der Waals surface area contributed by atoms with Crippen molar-refractivity contribution in [1.29, 1.82) is 0 Å². The van der Waals surface area contributed by atoms with Gasteiger partial charge in [0.25, 0.3) is 5.91 Å². The fourth-order valence-electron chi connectivity index (χ4n) is 6.67. The maximum Gasteiger partial charge on any atom is 0.410 e. The average molecular weight is 628 g/mol. The van der Waals surface area contributed by atoms with Crippen molar-refractivity contribution >= 4 is 23.6 Å². The van der Waals surface area contributed by atoms with E-state index in [1.807, 2.05) is 43.7 Å². The molecule has 3 amide bonds. The third-order valence-corrected chi connectivity index (χ3v) is 9.29. The fourth-order valence-corrected chi connectivity index (χ4v) is 6.67. The van der Waals surface area contributed by atoms with Gasteiger partial charge >= 0.3 is 6.09 Å². The Morgan fingerprint density at radius 1 is 1.16 bits per heavy atom. The monoisotopic (exact) mass is 627 g/mol. The zero-order chi connectivity index (χ0) is 32.5. The zero-order valence-corrected chi connectivity index (χ0v) is 28.2. The number of carbonyl (C=O) groups is 3. The Bertz CT molecular complexity index is 1220. The molecular weight excluding hydrogens is 574 g/mol. The van der Waals surface area contributed by atoms with Crippen molar-refractivity contribution in [2.24, 2.45) is 11.8 Å². The summed E-state index contributed by atoms with van der Waals surface area (Å²) in [5, 5.41) is 3.61. The fraction of sp³-hybridized carbons (Fsp3) is 0.765. The molecule has 1 aromatic rings. The first-order valence-corrected chi connectivity index (χ1v) is 16.8. The highest BCUT2D eigenvalue weighted by Gasteiger charge is 2.43. The number of likely N-dealkylation sites (tertiary alicyclic amines) is 1. The van der Waals surface area contributed by atoms with Crippen LogP contribution in [0.2, 0.25) is 0 Å². The maximum atomic E-state index is 14.6. The molecule has 1 N–H and O–H groups in total.